The molecule has 0 amide bonds. The lowest BCUT2D eigenvalue weighted by molar-refractivity contribution is 0.318. The molecule has 0 saturated carbocycles. The van der Waals surface area contributed by atoms with E-state index in [2.05, 4.69) is 9.97 Å². The molecule has 17 heavy (non-hydrogen) atoms. The maximum absolute atomic E-state index is 5.58. The Labute approximate surface area is 105 Å². The van der Waals surface area contributed by atoms with Gasteiger partial charge in [0.15, 0.2) is 0 Å². The topological polar surface area (TPSA) is 44.2 Å². The number of alkyl halides is 1. The predicted octanol–water partition coefficient (Wildman–Crippen LogP) is 2.65. The van der Waals surface area contributed by atoms with Crippen LogP contribution in [-0.4, -0.2) is 29.6 Å². The van der Waals surface area contributed by atoms with Crippen molar-refractivity contribution in [2.24, 2.45) is 0 Å². The molecule has 90 valence electrons. The fourth-order valence-electron chi connectivity index (χ4n) is 1.43. The van der Waals surface area contributed by atoms with E-state index >= 15 is 0 Å². The van der Waals surface area contributed by atoms with Gasteiger partial charge in [0.2, 0.25) is 0 Å². The van der Waals surface area contributed by atoms with E-state index < -0.39 is 0 Å². The van der Waals surface area contributed by atoms with E-state index in [9.17, 15) is 0 Å². The van der Waals surface area contributed by atoms with Crippen LogP contribution in [0.1, 0.15) is 6.42 Å². The van der Waals surface area contributed by atoms with Crippen molar-refractivity contribution in [2.45, 2.75) is 6.42 Å². The molecule has 0 aliphatic rings. The van der Waals surface area contributed by atoms with Gasteiger partial charge in [0.25, 0.3) is 0 Å². The lowest BCUT2D eigenvalue weighted by atomic mass is 10.2. The van der Waals surface area contributed by atoms with Crippen LogP contribution < -0.4 is 9.47 Å². The van der Waals surface area contributed by atoms with Gasteiger partial charge in [0.05, 0.1) is 19.2 Å². The van der Waals surface area contributed by atoms with E-state index in [1.165, 1.54) is 0 Å². The molecule has 1 aromatic carbocycles. The lowest BCUT2D eigenvalue weighted by Gasteiger charge is -2.06. The fraction of sp³-hybridized carbons (Fsp3) is 0.333. The first-order valence-corrected chi connectivity index (χ1v) is 5.86. The third-order valence-corrected chi connectivity index (χ3v) is 2.53. The summed E-state index contributed by atoms with van der Waals surface area (Å²) in [6.45, 7) is 0.617. The molecule has 2 rings (SSSR count). The molecule has 0 atom stereocenters. The van der Waals surface area contributed by atoms with Crippen LogP contribution in [0.5, 0.6) is 11.8 Å². The molecule has 0 aliphatic heterocycles. The summed E-state index contributed by atoms with van der Waals surface area (Å²) in [5, 5.41) is 0.925. The molecule has 1 heterocycles. The average molecular weight is 253 g/mol. The molecule has 4 nitrogen and oxygen atoms in total. The smallest absolute Gasteiger partial charge is 0.316 e. The summed E-state index contributed by atoms with van der Waals surface area (Å²) in [7, 11) is 1.55. The number of nitrogens with zero attached hydrogens (tertiary/aromatic N) is 2. The van der Waals surface area contributed by atoms with Crippen molar-refractivity contribution < 1.29 is 9.47 Å². The van der Waals surface area contributed by atoms with Crippen molar-refractivity contribution in [1.82, 2.24) is 9.97 Å². The quantitative estimate of drug-likeness (QED) is 0.606. The van der Waals surface area contributed by atoms with Crippen molar-refractivity contribution in [3.8, 4) is 11.8 Å². The van der Waals surface area contributed by atoms with Crippen LogP contribution in [0, 0.1) is 0 Å². The van der Waals surface area contributed by atoms with E-state index in [4.69, 9.17) is 21.1 Å². The summed E-state index contributed by atoms with van der Waals surface area (Å²) in [5.41, 5.74) is 0.835. The van der Waals surface area contributed by atoms with Gasteiger partial charge in [-0.3, -0.25) is 0 Å². The number of fused-ring (bicyclic) bond motifs is 1. The van der Waals surface area contributed by atoms with E-state index in [1.54, 1.807) is 13.3 Å². The van der Waals surface area contributed by atoms with Crippen LogP contribution >= 0.6 is 11.6 Å². The number of aromatic nitrogens is 2. The Hall–Kier alpha value is -1.55. The number of rotatable bonds is 5. The molecule has 0 aliphatic carbocycles. The summed E-state index contributed by atoms with van der Waals surface area (Å²) >= 11 is 5.58. The summed E-state index contributed by atoms with van der Waals surface area (Å²) in [6.07, 6.45) is 2.55. The van der Waals surface area contributed by atoms with E-state index in [0.29, 0.717) is 18.5 Å². The second-order valence-electron chi connectivity index (χ2n) is 3.47. The normalized spacial score (nSPS) is 10.5. The zero-order valence-corrected chi connectivity index (χ0v) is 10.3. The molecular formula is C12H13ClN2O2. The zero-order valence-electron chi connectivity index (χ0n) is 9.52. The van der Waals surface area contributed by atoms with Gasteiger partial charge >= 0.3 is 6.01 Å². The predicted molar refractivity (Wildman–Crippen MR) is 66.9 cm³/mol. The molecule has 2 aromatic rings. The molecule has 0 saturated heterocycles. The summed E-state index contributed by atoms with van der Waals surface area (Å²) in [5.74, 6) is 1.41. The molecule has 0 radical (unpaired) electrons. The molecule has 0 fully saturated rings. The Balaban J connectivity index is 2.19. The highest BCUT2D eigenvalue weighted by Gasteiger charge is 2.01. The maximum atomic E-state index is 5.58. The fourth-order valence-corrected chi connectivity index (χ4v) is 1.54. The molecule has 0 unspecified atom stereocenters. The average Bonchev–Trinajstić information content (AvgIpc) is 2.38. The van der Waals surface area contributed by atoms with Crippen molar-refractivity contribution in [3.05, 3.63) is 24.4 Å². The van der Waals surface area contributed by atoms with Crippen LogP contribution in [-0.2, 0) is 0 Å². The Morgan fingerprint density at radius 2 is 2.24 bits per heavy atom. The van der Waals surface area contributed by atoms with Gasteiger partial charge in [-0.05, 0) is 24.6 Å². The van der Waals surface area contributed by atoms with Crippen LogP contribution in [0.15, 0.2) is 24.4 Å². The summed E-state index contributed by atoms with van der Waals surface area (Å²) < 4.78 is 10.5. The molecule has 0 N–H and O–H groups in total. The highest BCUT2D eigenvalue weighted by Crippen LogP contribution is 2.20. The first-order valence-electron chi connectivity index (χ1n) is 5.33. The van der Waals surface area contributed by atoms with Crippen molar-refractivity contribution in [3.63, 3.8) is 0 Å². The number of ether oxygens (including phenoxy) is 2. The molecular weight excluding hydrogens is 240 g/mol. The molecule has 0 spiro atoms. The third-order valence-electron chi connectivity index (χ3n) is 2.26. The van der Waals surface area contributed by atoms with Gasteiger partial charge in [0.1, 0.15) is 5.75 Å². The van der Waals surface area contributed by atoms with E-state index in [0.717, 1.165) is 23.1 Å². The number of benzene rings is 1. The van der Waals surface area contributed by atoms with Gasteiger partial charge in [-0.25, -0.2) is 4.98 Å². The van der Waals surface area contributed by atoms with E-state index in [-0.39, 0.29) is 0 Å². The van der Waals surface area contributed by atoms with Gasteiger partial charge in [0, 0.05) is 17.5 Å². The van der Waals surface area contributed by atoms with Crippen LogP contribution in [0.4, 0.5) is 0 Å². The van der Waals surface area contributed by atoms with Gasteiger partial charge in [-0.2, -0.15) is 4.98 Å². The standard InChI is InChI=1S/C12H13ClN2O2/c1-16-12-14-8-9-7-10(17-6-2-5-13)3-4-11(9)15-12/h3-4,7-8H,2,5-6H2,1H3. The van der Waals surface area contributed by atoms with Crippen LogP contribution in [0.25, 0.3) is 10.9 Å². The van der Waals surface area contributed by atoms with Crippen molar-refractivity contribution in [1.29, 1.82) is 0 Å². The zero-order chi connectivity index (χ0) is 12.1. The Morgan fingerprint density at radius 3 is 3.00 bits per heavy atom. The van der Waals surface area contributed by atoms with Crippen molar-refractivity contribution in [2.75, 3.05) is 19.6 Å². The van der Waals surface area contributed by atoms with E-state index in [1.807, 2.05) is 18.2 Å². The third kappa shape index (κ3) is 2.97. The Morgan fingerprint density at radius 1 is 1.35 bits per heavy atom. The van der Waals surface area contributed by atoms with Gasteiger partial charge in [-0.1, -0.05) is 0 Å². The summed E-state index contributed by atoms with van der Waals surface area (Å²) in [6, 6.07) is 6.04. The Bertz CT molecular complexity index is 505. The second-order valence-corrected chi connectivity index (χ2v) is 3.85. The van der Waals surface area contributed by atoms with Gasteiger partial charge < -0.3 is 9.47 Å². The number of hydrogen-bond acceptors (Lipinski definition) is 4. The van der Waals surface area contributed by atoms with Crippen LogP contribution in [0.3, 0.4) is 0 Å². The van der Waals surface area contributed by atoms with Crippen LogP contribution in [0.2, 0.25) is 0 Å². The number of methoxy groups -OCH3 is 1. The summed E-state index contributed by atoms with van der Waals surface area (Å²) in [4.78, 5) is 8.27. The molecule has 0 bridgehead atoms. The highest BCUT2D eigenvalue weighted by molar-refractivity contribution is 6.17. The minimum Gasteiger partial charge on any atom is -0.494 e. The lowest BCUT2D eigenvalue weighted by Crippen LogP contribution is -1.98. The molecule has 1 aromatic heterocycles. The van der Waals surface area contributed by atoms with Crippen molar-refractivity contribution >= 4 is 22.5 Å². The second kappa shape index (κ2) is 5.68. The number of hydrogen-bond donors (Lipinski definition) is 0. The first kappa shape index (κ1) is 11.9. The number of halogens is 1. The molecule has 5 heteroatoms. The maximum Gasteiger partial charge on any atom is 0.316 e. The first-order chi connectivity index (χ1) is 8.33. The minimum atomic E-state index is 0.369. The monoisotopic (exact) mass is 252 g/mol. The SMILES string of the molecule is COc1ncc2cc(OCCCCl)ccc2n1. The largest absolute Gasteiger partial charge is 0.494 e. The van der Waals surface area contributed by atoms with Gasteiger partial charge in [-0.15, -0.1) is 11.6 Å². The highest BCUT2D eigenvalue weighted by atomic mass is 35.5. The Kier molecular flexibility index (Phi) is 3.98. The minimum absolute atomic E-state index is 0.369.